The molecule has 5 heteroatoms. The summed E-state index contributed by atoms with van der Waals surface area (Å²) in [5.41, 5.74) is 4.03. The first kappa shape index (κ1) is 17.9. The molecule has 5 nitrogen and oxygen atoms in total. The van der Waals surface area contributed by atoms with Crippen molar-refractivity contribution in [3.05, 3.63) is 71.8 Å². The average Bonchev–Trinajstić information content (AvgIpc) is 3.45. The van der Waals surface area contributed by atoms with E-state index >= 15 is 0 Å². The SMILES string of the molecule is O=C1CC(c2ccc(-c3cccc4c(C(=O)N5CCCO5)cccc34)cc2)CN1. The van der Waals surface area contributed by atoms with Gasteiger partial charge in [-0.3, -0.25) is 14.4 Å². The molecule has 1 unspecified atom stereocenters. The zero-order chi connectivity index (χ0) is 19.8. The minimum absolute atomic E-state index is 0.0843. The molecular weight excluding hydrogens is 364 g/mol. The molecule has 0 radical (unpaired) electrons. The van der Waals surface area contributed by atoms with Crippen molar-refractivity contribution >= 4 is 22.6 Å². The molecule has 2 saturated heterocycles. The van der Waals surface area contributed by atoms with Crippen LogP contribution in [0.3, 0.4) is 0 Å². The molecule has 3 aromatic carbocycles. The van der Waals surface area contributed by atoms with E-state index in [2.05, 4.69) is 41.7 Å². The highest BCUT2D eigenvalue weighted by Crippen LogP contribution is 2.33. The van der Waals surface area contributed by atoms with Crippen LogP contribution in [0.2, 0.25) is 0 Å². The Hall–Kier alpha value is -3.18. The van der Waals surface area contributed by atoms with Crippen LogP contribution >= 0.6 is 0 Å². The number of fused-ring (bicyclic) bond motifs is 1. The Morgan fingerprint density at radius 1 is 1.00 bits per heavy atom. The van der Waals surface area contributed by atoms with Gasteiger partial charge < -0.3 is 5.32 Å². The second-order valence-corrected chi connectivity index (χ2v) is 7.63. The molecule has 1 N–H and O–H groups in total. The van der Waals surface area contributed by atoms with Gasteiger partial charge in [-0.25, -0.2) is 5.06 Å². The Bertz CT molecular complexity index is 1080. The maximum atomic E-state index is 12.9. The smallest absolute Gasteiger partial charge is 0.278 e. The molecule has 0 aliphatic carbocycles. The van der Waals surface area contributed by atoms with Crippen LogP contribution in [0.5, 0.6) is 0 Å². The maximum absolute atomic E-state index is 12.9. The Morgan fingerprint density at radius 3 is 2.52 bits per heavy atom. The number of carbonyl (C=O) groups is 2. The number of nitrogens with zero attached hydrogens (tertiary/aromatic N) is 1. The van der Waals surface area contributed by atoms with Gasteiger partial charge in [-0.2, -0.15) is 0 Å². The average molecular weight is 386 g/mol. The van der Waals surface area contributed by atoms with Gasteiger partial charge in [-0.1, -0.05) is 54.6 Å². The molecule has 0 saturated carbocycles. The van der Waals surface area contributed by atoms with Crippen LogP contribution in [-0.4, -0.2) is 36.6 Å². The summed E-state index contributed by atoms with van der Waals surface area (Å²) in [5.74, 6) is 0.278. The van der Waals surface area contributed by atoms with Crippen molar-refractivity contribution in [3.8, 4) is 11.1 Å². The molecule has 2 heterocycles. The molecule has 5 rings (SSSR count). The molecule has 3 aromatic rings. The van der Waals surface area contributed by atoms with Gasteiger partial charge in [-0.05, 0) is 39.9 Å². The molecule has 2 amide bonds. The molecular formula is C24H22N2O3. The first-order chi connectivity index (χ1) is 14.2. The summed E-state index contributed by atoms with van der Waals surface area (Å²) in [4.78, 5) is 29.8. The number of hydrogen-bond acceptors (Lipinski definition) is 3. The Balaban J connectivity index is 1.51. The standard InChI is InChI=1S/C24H22N2O3/c27-23-14-18(15-25-23)16-8-10-17(11-9-16)19-4-1-6-21-20(19)5-2-7-22(21)24(28)26-12-3-13-29-26/h1-2,4-11,18H,3,12-15H2,(H,25,27). The largest absolute Gasteiger partial charge is 0.355 e. The summed E-state index contributed by atoms with van der Waals surface area (Å²) in [6, 6.07) is 20.3. The maximum Gasteiger partial charge on any atom is 0.278 e. The van der Waals surface area contributed by atoms with Crippen LogP contribution < -0.4 is 5.32 Å². The van der Waals surface area contributed by atoms with E-state index in [0.29, 0.717) is 31.7 Å². The minimum Gasteiger partial charge on any atom is -0.355 e. The van der Waals surface area contributed by atoms with Gasteiger partial charge in [0.2, 0.25) is 5.91 Å². The van der Waals surface area contributed by atoms with Crippen molar-refractivity contribution in [2.24, 2.45) is 0 Å². The summed E-state index contributed by atoms with van der Waals surface area (Å²) in [6.07, 6.45) is 1.42. The van der Waals surface area contributed by atoms with E-state index in [1.54, 1.807) is 0 Å². The fourth-order valence-corrected chi connectivity index (χ4v) is 4.27. The van der Waals surface area contributed by atoms with Gasteiger partial charge in [0.05, 0.1) is 13.2 Å². The summed E-state index contributed by atoms with van der Waals surface area (Å²) in [6.45, 7) is 1.93. The van der Waals surface area contributed by atoms with E-state index in [0.717, 1.165) is 28.3 Å². The van der Waals surface area contributed by atoms with Crippen molar-refractivity contribution in [1.82, 2.24) is 10.4 Å². The van der Waals surface area contributed by atoms with E-state index < -0.39 is 0 Å². The highest BCUT2D eigenvalue weighted by molar-refractivity contribution is 6.10. The highest BCUT2D eigenvalue weighted by atomic mass is 16.7. The molecule has 2 aliphatic rings. The quantitative estimate of drug-likeness (QED) is 0.743. The van der Waals surface area contributed by atoms with Crippen molar-refractivity contribution in [2.45, 2.75) is 18.8 Å². The van der Waals surface area contributed by atoms with Crippen molar-refractivity contribution < 1.29 is 14.4 Å². The Kier molecular flexibility index (Phi) is 4.52. The molecule has 0 bridgehead atoms. The van der Waals surface area contributed by atoms with Crippen LogP contribution in [0, 0.1) is 0 Å². The summed E-state index contributed by atoms with van der Waals surface area (Å²) in [5, 5.41) is 6.33. The third kappa shape index (κ3) is 3.28. The lowest BCUT2D eigenvalue weighted by atomic mass is 9.92. The number of rotatable bonds is 3. The predicted molar refractivity (Wildman–Crippen MR) is 111 cm³/mol. The van der Waals surface area contributed by atoms with Crippen LogP contribution in [0.1, 0.15) is 34.7 Å². The zero-order valence-corrected chi connectivity index (χ0v) is 16.1. The van der Waals surface area contributed by atoms with Crippen LogP contribution in [0.15, 0.2) is 60.7 Å². The lowest BCUT2D eigenvalue weighted by Gasteiger charge is -2.16. The predicted octanol–water partition coefficient (Wildman–Crippen LogP) is 3.89. The van der Waals surface area contributed by atoms with E-state index in [1.807, 2.05) is 24.3 Å². The molecule has 0 aromatic heterocycles. The van der Waals surface area contributed by atoms with Gasteiger partial charge >= 0.3 is 0 Å². The van der Waals surface area contributed by atoms with E-state index in [1.165, 1.54) is 10.6 Å². The normalized spacial score (nSPS) is 19.0. The van der Waals surface area contributed by atoms with Crippen molar-refractivity contribution in [1.29, 1.82) is 0 Å². The third-order valence-electron chi connectivity index (χ3n) is 5.80. The topological polar surface area (TPSA) is 58.6 Å². The number of carbonyl (C=O) groups excluding carboxylic acids is 2. The number of benzene rings is 3. The van der Waals surface area contributed by atoms with Gasteiger partial charge in [0, 0.05) is 24.4 Å². The minimum atomic E-state index is -0.0843. The Morgan fingerprint density at radius 2 is 1.79 bits per heavy atom. The van der Waals surface area contributed by atoms with Gasteiger partial charge in [0.1, 0.15) is 0 Å². The van der Waals surface area contributed by atoms with Crippen molar-refractivity contribution in [2.75, 3.05) is 19.7 Å². The first-order valence-corrected chi connectivity index (χ1v) is 10.0. The van der Waals surface area contributed by atoms with E-state index in [4.69, 9.17) is 4.84 Å². The highest BCUT2D eigenvalue weighted by Gasteiger charge is 2.24. The summed E-state index contributed by atoms with van der Waals surface area (Å²) < 4.78 is 0. The summed E-state index contributed by atoms with van der Waals surface area (Å²) in [7, 11) is 0. The fourth-order valence-electron chi connectivity index (χ4n) is 4.27. The van der Waals surface area contributed by atoms with Crippen LogP contribution in [-0.2, 0) is 9.63 Å². The fraction of sp³-hybridized carbons (Fsp3) is 0.250. The second kappa shape index (κ2) is 7.33. The molecule has 29 heavy (non-hydrogen) atoms. The molecule has 1 atom stereocenters. The van der Waals surface area contributed by atoms with E-state index in [-0.39, 0.29) is 17.7 Å². The Labute approximate surface area is 169 Å². The number of nitrogens with one attached hydrogen (secondary N) is 1. The lowest BCUT2D eigenvalue weighted by molar-refractivity contribution is -0.119. The van der Waals surface area contributed by atoms with Crippen LogP contribution in [0.4, 0.5) is 0 Å². The zero-order valence-electron chi connectivity index (χ0n) is 16.1. The number of amides is 2. The van der Waals surface area contributed by atoms with Gasteiger partial charge in [0.15, 0.2) is 0 Å². The van der Waals surface area contributed by atoms with Gasteiger partial charge in [0.25, 0.3) is 5.91 Å². The molecule has 2 fully saturated rings. The monoisotopic (exact) mass is 386 g/mol. The molecule has 146 valence electrons. The summed E-state index contributed by atoms with van der Waals surface area (Å²) >= 11 is 0. The number of hydrogen-bond donors (Lipinski definition) is 1. The molecule has 2 aliphatic heterocycles. The van der Waals surface area contributed by atoms with Crippen LogP contribution in [0.25, 0.3) is 21.9 Å². The third-order valence-corrected chi connectivity index (χ3v) is 5.80. The molecule has 0 spiro atoms. The van der Waals surface area contributed by atoms with Gasteiger partial charge in [-0.15, -0.1) is 0 Å². The van der Waals surface area contributed by atoms with Crippen molar-refractivity contribution in [3.63, 3.8) is 0 Å². The number of hydroxylamine groups is 2. The lowest BCUT2D eigenvalue weighted by Crippen LogP contribution is -2.26. The first-order valence-electron chi connectivity index (χ1n) is 10.0. The second-order valence-electron chi connectivity index (χ2n) is 7.63. The van der Waals surface area contributed by atoms with E-state index in [9.17, 15) is 9.59 Å².